The van der Waals surface area contributed by atoms with Gasteiger partial charge in [-0.05, 0) is 24.1 Å². The zero-order valence-electron chi connectivity index (χ0n) is 11.4. The van der Waals surface area contributed by atoms with Gasteiger partial charge in [-0.2, -0.15) is 0 Å². The molecule has 19 heavy (non-hydrogen) atoms. The molecule has 4 nitrogen and oxygen atoms in total. The van der Waals surface area contributed by atoms with Gasteiger partial charge < -0.3 is 15.3 Å². The van der Waals surface area contributed by atoms with Crippen molar-refractivity contribution in [2.75, 3.05) is 26.7 Å². The topological polar surface area (TPSA) is 47.9 Å². The van der Waals surface area contributed by atoms with Crippen LogP contribution in [-0.4, -0.2) is 42.6 Å². The number of nitrogens with one attached hydrogen (secondary N) is 1. The quantitative estimate of drug-likeness (QED) is 0.889. The van der Waals surface area contributed by atoms with Crippen molar-refractivity contribution in [3.05, 3.63) is 34.3 Å². The second kappa shape index (κ2) is 5.92. The van der Waals surface area contributed by atoms with E-state index in [0.717, 1.165) is 29.1 Å². The molecule has 0 spiro atoms. The molecule has 0 saturated heterocycles. The molecule has 1 aromatic rings. The van der Waals surface area contributed by atoms with Crippen molar-refractivity contribution in [3.63, 3.8) is 0 Å². The lowest BCUT2D eigenvalue weighted by Gasteiger charge is -2.29. The van der Waals surface area contributed by atoms with Crippen LogP contribution in [0.15, 0.2) is 33.7 Å². The third kappa shape index (κ3) is 3.28. The van der Waals surface area contributed by atoms with E-state index < -0.39 is 5.60 Å². The van der Waals surface area contributed by atoms with E-state index in [1.165, 1.54) is 0 Å². The maximum atomic E-state index is 10.8. The Morgan fingerprint density at radius 3 is 2.63 bits per heavy atom. The Labute approximate surface area is 122 Å². The standard InChI is InChI=1S/C14H20BrN3O/c1-3-14(19,11-4-6-12(15)7-5-11)10-17-13-16-8-9-18(13)2/h4-7,19H,3,8-10H2,1-2H3,(H,16,17). The number of benzene rings is 1. The molecule has 1 aromatic carbocycles. The summed E-state index contributed by atoms with van der Waals surface area (Å²) in [6.45, 7) is 4.21. The molecule has 0 saturated carbocycles. The van der Waals surface area contributed by atoms with E-state index in [0.29, 0.717) is 13.0 Å². The maximum Gasteiger partial charge on any atom is 0.193 e. The van der Waals surface area contributed by atoms with Crippen molar-refractivity contribution in [2.24, 2.45) is 4.99 Å². The van der Waals surface area contributed by atoms with E-state index in [2.05, 4.69) is 31.1 Å². The number of guanidine groups is 1. The SMILES string of the molecule is CCC(O)(CNC1=NCCN1C)c1ccc(Br)cc1. The van der Waals surface area contributed by atoms with Gasteiger partial charge in [0.25, 0.3) is 0 Å². The minimum absolute atomic E-state index is 0.467. The molecular weight excluding hydrogens is 306 g/mol. The van der Waals surface area contributed by atoms with Crippen molar-refractivity contribution in [2.45, 2.75) is 18.9 Å². The van der Waals surface area contributed by atoms with Crippen LogP contribution in [0.3, 0.4) is 0 Å². The normalized spacial score (nSPS) is 18.1. The summed E-state index contributed by atoms with van der Waals surface area (Å²) in [4.78, 5) is 6.44. The van der Waals surface area contributed by atoms with Crippen molar-refractivity contribution in [1.29, 1.82) is 0 Å². The Bertz CT molecular complexity index is 460. The Balaban J connectivity index is 2.07. The molecule has 1 atom stereocenters. The number of halogens is 1. The second-order valence-electron chi connectivity index (χ2n) is 4.87. The summed E-state index contributed by atoms with van der Waals surface area (Å²) < 4.78 is 1.02. The van der Waals surface area contributed by atoms with Crippen molar-refractivity contribution in [3.8, 4) is 0 Å². The molecule has 104 valence electrons. The minimum Gasteiger partial charge on any atom is -0.383 e. The number of rotatable bonds is 4. The molecule has 0 amide bonds. The monoisotopic (exact) mass is 325 g/mol. The number of likely N-dealkylation sites (N-methyl/N-ethyl adjacent to an activating group) is 1. The Morgan fingerprint density at radius 2 is 2.11 bits per heavy atom. The van der Waals surface area contributed by atoms with Gasteiger partial charge in [-0.3, -0.25) is 4.99 Å². The second-order valence-corrected chi connectivity index (χ2v) is 5.79. The maximum absolute atomic E-state index is 10.8. The van der Waals surface area contributed by atoms with Crippen LogP contribution < -0.4 is 5.32 Å². The summed E-state index contributed by atoms with van der Waals surface area (Å²) in [6.07, 6.45) is 0.651. The highest BCUT2D eigenvalue weighted by Gasteiger charge is 2.28. The lowest BCUT2D eigenvalue weighted by molar-refractivity contribution is 0.0366. The molecule has 0 aliphatic carbocycles. The van der Waals surface area contributed by atoms with E-state index in [1.54, 1.807) is 0 Å². The summed E-state index contributed by atoms with van der Waals surface area (Å²) >= 11 is 3.41. The lowest BCUT2D eigenvalue weighted by atomic mass is 9.91. The van der Waals surface area contributed by atoms with Gasteiger partial charge >= 0.3 is 0 Å². The molecule has 0 bridgehead atoms. The van der Waals surface area contributed by atoms with E-state index >= 15 is 0 Å². The third-order valence-corrected chi connectivity index (χ3v) is 4.09. The van der Waals surface area contributed by atoms with Gasteiger partial charge in [0, 0.05) is 18.1 Å². The zero-order chi connectivity index (χ0) is 13.9. The fourth-order valence-electron chi connectivity index (χ4n) is 2.14. The van der Waals surface area contributed by atoms with Gasteiger partial charge in [0.2, 0.25) is 0 Å². The van der Waals surface area contributed by atoms with Gasteiger partial charge in [0.15, 0.2) is 5.96 Å². The van der Waals surface area contributed by atoms with Gasteiger partial charge in [0.05, 0.1) is 13.1 Å². The summed E-state index contributed by atoms with van der Waals surface area (Å²) in [5, 5.41) is 14.0. The highest BCUT2D eigenvalue weighted by atomic mass is 79.9. The molecule has 0 fully saturated rings. The summed E-state index contributed by atoms with van der Waals surface area (Å²) in [5.74, 6) is 0.865. The zero-order valence-corrected chi connectivity index (χ0v) is 12.9. The molecule has 0 aromatic heterocycles. The van der Waals surface area contributed by atoms with Gasteiger partial charge in [0.1, 0.15) is 5.60 Å². The fraction of sp³-hybridized carbons (Fsp3) is 0.500. The molecule has 1 aliphatic heterocycles. The first-order chi connectivity index (χ1) is 9.05. The molecular formula is C14H20BrN3O. The van der Waals surface area contributed by atoms with Crippen LogP contribution in [0.2, 0.25) is 0 Å². The van der Waals surface area contributed by atoms with Crippen LogP contribution in [0, 0.1) is 0 Å². The summed E-state index contributed by atoms with van der Waals surface area (Å²) in [6, 6.07) is 7.81. The van der Waals surface area contributed by atoms with E-state index in [4.69, 9.17) is 0 Å². The molecule has 1 heterocycles. The number of nitrogens with zero attached hydrogens (tertiary/aromatic N) is 2. The average molecular weight is 326 g/mol. The number of aliphatic imine (C=N–C) groups is 1. The Kier molecular flexibility index (Phi) is 4.47. The van der Waals surface area contributed by atoms with E-state index in [9.17, 15) is 5.11 Å². The number of aliphatic hydroxyl groups is 1. The molecule has 1 aliphatic rings. The molecule has 0 radical (unpaired) electrons. The molecule has 2 N–H and O–H groups in total. The van der Waals surface area contributed by atoms with Gasteiger partial charge in [-0.1, -0.05) is 35.0 Å². The van der Waals surface area contributed by atoms with Crippen molar-refractivity contribution >= 4 is 21.9 Å². The van der Waals surface area contributed by atoms with E-state index in [1.807, 2.05) is 38.2 Å². The Morgan fingerprint density at radius 1 is 1.42 bits per heavy atom. The molecule has 2 rings (SSSR count). The average Bonchev–Trinajstić information content (AvgIpc) is 2.82. The van der Waals surface area contributed by atoms with Crippen LogP contribution >= 0.6 is 15.9 Å². The first kappa shape index (κ1) is 14.3. The Hall–Kier alpha value is -1.07. The number of hydrogen-bond acceptors (Lipinski definition) is 4. The predicted octanol–water partition coefficient (Wildman–Crippen LogP) is 1.94. The van der Waals surface area contributed by atoms with Crippen molar-refractivity contribution < 1.29 is 5.11 Å². The van der Waals surface area contributed by atoms with Crippen LogP contribution in [0.5, 0.6) is 0 Å². The molecule has 5 heteroatoms. The van der Waals surface area contributed by atoms with Gasteiger partial charge in [-0.15, -0.1) is 0 Å². The minimum atomic E-state index is -0.868. The first-order valence-electron chi connectivity index (χ1n) is 6.53. The summed E-state index contributed by atoms with van der Waals surface area (Å²) in [5.41, 5.74) is 0.0547. The predicted molar refractivity (Wildman–Crippen MR) is 81.3 cm³/mol. The van der Waals surface area contributed by atoms with E-state index in [-0.39, 0.29) is 0 Å². The van der Waals surface area contributed by atoms with Gasteiger partial charge in [-0.25, -0.2) is 0 Å². The lowest BCUT2D eigenvalue weighted by Crippen LogP contribution is -2.44. The smallest absolute Gasteiger partial charge is 0.193 e. The van der Waals surface area contributed by atoms with Crippen LogP contribution in [0.4, 0.5) is 0 Å². The third-order valence-electron chi connectivity index (χ3n) is 3.56. The largest absolute Gasteiger partial charge is 0.383 e. The highest BCUT2D eigenvalue weighted by molar-refractivity contribution is 9.10. The highest BCUT2D eigenvalue weighted by Crippen LogP contribution is 2.25. The summed E-state index contributed by atoms with van der Waals surface area (Å²) in [7, 11) is 2.00. The van der Waals surface area contributed by atoms with Crippen LogP contribution in [-0.2, 0) is 5.60 Å². The first-order valence-corrected chi connectivity index (χ1v) is 7.32. The van der Waals surface area contributed by atoms with Crippen LogP contribution in [0.25, 0.3) is 0 Å². The van der Waals surface area contributed by atoms with Crippen molar-refractivity contribution in [1.82, 2.24) is 10.2 Å². The number of hydrogen-bond donors (Lipinski definition) is 2. The van der Waals surface area contributed by atoms with Crippen LogP contribution in [0.1, 0.15) is 18.9 Å². The molecule has 1 unspecified atom stereocenters. The fourth-order valence-corrected chi connectivity index (χ4v) is 2.40.